The van der Waals surface area contributed by atoms with E-state index in [1.807, 2.05) is 31.3 Å². The van der Waals surface area contributed by atoms with Crippen LogP contribution in [0.4, 0.5) is 5.69 Å². The second-order valence-electron chi connectivity index (χ2n) is 4.27. The first-order chi connectivity index (χ1) is 7.63. The SMILES string of the molecule is CNc1cccc(C(=O)NCCC(C)C)c1. The molecule has 3 heteroatoms. The first-order valence-electron chi connectivity index (χ1n) is 5.69. The van der Waals surface area contributed by atoms with Crippen molar-refractivity contribution in [1.29, 1.82) is 0 Å². The van der Waals surface area contributed by atoms with E-state index in [4.69, 9.17) is 0 Å². The van der Waals surface area contributed by atoms with E-state index in [9.17, 15) is 4.79 Å². The molecule has 0 aliphatic carbocycles. The minimum Gasteiger partial charge on any atom is -0.388 e. The predicted octanol–water partition coefficient (Wildman–Crippen LogP) is 2.50. The lowest BCUT2D eigenvalue weighted by atomic mass is 10.1. The van der Waals surface area contributed by atoms with E-state index in [2.05, 4.69) is 24.5 Å². The van der Waals surface area contributed by atoms with Gasteiger partial charge in [-0.15, -0.1) is 0 Å². The molecule has 2 N–H and O–H groups in total. The van der Waals surface area contributed by atoms with Crippen LogP contribution in [0.25, 0.3) is 0 Å². The van der Waals surface area contributed by atoms with Crippen molar-refractivity contribution in [2.75, 3.05) is 18.9 Å². The largest absolute Gasteiger partial charge is 0.388 e. The number of carbonyl (C=O) groups is 1. The summed E-state index contributed by atoms with van der Waals surface area (Å²) in [6.45, 7) is 5.03. The van der Waals surface area contributed by atoms with Gasteiger partial charge in [-0.3, -0.25) is 4.79 Å². The van der Waals surface area contributed by atoms with Crippen LogP contribution in [0.15, 0.2) is 24.3 Å². The molecule has 1 aromatic rings. The Labute approximate surface area is 97.2 Å². The van der Waals surface area contributed by atoms with Crippen LogP contribution in [0.1, 0.15) is 30.6 Å². The number of hydrogen-bond donors (Lipinski definition) is 2. The summed E-state index contributed by atoms with van der Waals surface area (Å²) < 4.78 is 0. The second kappa shape index (κ2) is 6.16. The summed E-state index contributed by atoms with van der Waals surface area (Å²) in [7, 11) is 1.84. The Morgan fingerprint density at radius 2 is 2.12 bits per heavy atom. The van der Waals surface area contributed by atoms with Crippen molar-refractivity contribution in [3.8, 4) is 0 Å². The van der Waals surface area contributed by atoms with Gasteiger partial charge in [0.25, 0.3) is 5.91 Å². The number of anilines is 1. The highest BCUT2D eigenvalue weighted by Crippen LogP contribution is 2.09. The van der Waals surface area contributed by atoms with E-state index < -0.39 is 0 Å². The third-order valence-corrected chi connectivity index (χ3v) is 2.42. The van der Waals surface area contributed by atoms with Crippen molar-refractivity contribution in [2.24, 2.45) is 5.92 Å². The molecule has 88 valence electrons. The molecule has 0 atom stereocenters. The van der Waals surface area contributed by atoms with Gasteiger partial charge in [0.05, 0.1) is 0 Å². The van der Waals surface area contributed by atoms with Gasteiger partial charge in [-0.25, -0.2) is 0 Å². The maximum Gasteiger partial charge on any atom is 0.251 e. The molecule has 0 unspecified atom stereocenters. The van der Waals surface area contributed by atoms with Crippen LogP contribution in [-0.2, 0) is 0 Å². The normalized spacial score (nSPS) is 10.2. The molecule has 16 heavy (non-hydrogen) atoms. The summed E-state index contributed by atoms with van der Waals surface area (Å²) in [6.07, 6.45) is 1.01. The Hall–Kier alpha value is -1.51. The van der Waals surface area contributed by atoms with Crippen LogP contribution in [0.3, 0.4) is 0 Å². The zero-order valence-electron chi connectivity index (χ0n) is 10.2. The molecule has 0 saturated carbocycles. The van der Waals surface area contributed by atoms with E-state index in [0.717, 1.165) is 18.7 Å². The molecule has 3 nitrogen and oxygen atoms in total. The Balaban J connectivity index is 2.52. The Kier molecular flexibility index (Phi) is 4.83. The first kappa shape index (κ1) is 12.6. The number of benzene rings is 1. The summed E-state index contributed by atoms with van der Waals surface area (Å²) in [5.74, 6) is 0.613. The molecule has 0 aliphatic heterocycles. The van der Waals surface area contributed by atoms with Crippen molar-refractivity contribution in [3.05, 3.63) is 29.8 Å². The Morgan fingerprint density at radius 1 is 1.38 bits per heavy atom. The second-order valence-corrected chi connectivity index (χ2v) is 4.27. The lowest BCUT2D eigenvalue weighted by molar-refractivity contribution is 0.0952. The zero-order chi connectivity index (χ0) is 12.0. The molecule has 0 bridgehead atoms. The fourth-order valence-electron chi connectivity index (χ4n) is 1.39. The van der Waals surface area contributed by atoms with Crippen LogP contribution in [0.5, 0.6) is 0 Å². The number of nitrogens with one attached hydrogen (secondary N) is 2. The van der Waals surface area contributed by atoms with Gasteiger partial charge in [-0.1, -0.05) is 19.9 Å². The zero-order valence-corrected chi connectivity index (χ0v) is 10.2. The van der Waals surface area contributed by atoms with Gasteiger partial charge in [-0.05, 0) is 30.5 Å². The fraction of sp³-hybridized carbons (Fsp3) is 0.462. The molecule has 0 heterocycles. The van der Waals surface area contributed by atoms with E-state index in [0.29, 0.717) is 11.5 Å². The van der Waals surface area contributed by atoms with Crippen LogP contribution in [-0.4, -0.2) is 19.5 Å². The third-order valence-electron chi connectivity index (χ3n) is 2.42. The molecule has 0 aromatic heterocycles. The van der Waals surface area contributed by atoms with Gasteiger partial charge in [0.2, 0.25) is 0 Å². The molecule has 1 rings (SSSR count). The van der Waals surface area contributed by atoms with Crippen LogP contribution < -0.4 is 10.6 Å². The summed E-state index contributed by atoms with van der Waals surface area (Å²) in [6, 6.07) is 7.49. The molecule has 0 fully saturated rings. The number of rotatable bonds is 5. The van der Waals surface area contributed by atoms with Crippen molar-refractivity contribution in [2.45, 2.75) is 20.3 Å². The van der Waals surface area contributed by atoms with Gasteiger partial charge in [0.15, 0.2) is 0 Å². The van der Waals surface area contributed by atoms with Gasteiger partial charge < -0.3 is 10.6 Å². The lowest BCUT2D eigenvalue weighted by Crippen LogP contribution is -2.25. The molecule has 1 aromatic carbocycles. The average molecular weight is 220 g/mol. The molecular formula is C13H20N2O. The molecular weight excluding hydrogens is 200 g/mol. The molecule has 0 radical (unpaired) electrons. The van der Waals surface area contributed by atoms with Crippen molar-refractivity contribution >= 4 is 11.6 Å². The van der Waals surface area contributed by atoms with Crippen LogP contribution >= 0.6 is 0 Å². The molecule has 0 spiro atoms. The van der Waals surface area contributed by atoms with E-state index >= 15 is 0 Å². The summed E-state index contributed by atoms with van der Waals surface area (Å²) in [4.78, 5) is 11.8. The van der Waals surface area contributed by atoms with Crippen LogP contribution in [0, 0.1) is 5.92 Å². The molecule has 0 aliphatic rings. The number of hydrogen-bond acceptors (Lipinski definition) is 2. The lowest BCUT2D eigenvalue weighted by Gasteiger charge is -2.08. The summed E-state index contributed by atoms with van der Waals surface area (Å²) in [5.41, 5.74) is 1.66. The van der Waals surface area contributed by atoms with Crippen molar-refractivity contribution < 1.29 is 4.79 Å². The van der Waals surface area contributed by atoms with Crippen molar-refractivity contribution in [1.82, 2.24) is 5.32 Å². The highest BCUT2D eigenvalue weighted by molar-refractivity contribution is 5.95. The Bertz CT molecular complexity index is 348. The molecule has 1 amide bonds. The monoisotopic (exact) mass is 220 g/mol. The van der Waals surface area contributed by atoms with E-state index in [1.54, 1.807) is 0 Å². The van der Waals surface area contributed by atoms with E-state index in [-0.39, 0.29) is 5.91 Å². The quantitative estimate of drug-likeness (QED) is 0.800. The standard InChI is InChI=1S/C13H20N2O/c1-10(2)7-8-15-13(16)11-5-4-6-12(9-11)14-3/h4-6,9-10,14H,7-8H2,1-3H3,(H,15,16). The number of carbonyl (C=O) groups excluding carboxylic acids is 1. The third kappa shape index (κ3) is 3.93. The highest BCUT2D eigenvalue weighted by Gasteiger charge is 2.05. The van der Waals surface area contributed by atoms with E-state index in [1.165, 1.54) is 0 Å². The minimum absolute atomic E-state index is 0.00208. The predicted molar refractivity (Wildman–Crippen MR) is 67.8 cm³/mol. The molecule has 0 saturated heterocycles. The topological polar surface area (TPSA) is 41.1 Å². The summed E-state index contributed by atoms with van der Waals surface area (Å²) in [5, 5.41) is 5.93. The number of amides is 1. The minimum atomic E-state index is -0.00208. The Morgan fingerprint density at radius 3 is 2.75 bits per heavy atom. The van der Waals surface area contributed by atoms with Gasteiger partial charge >= 0.3 is 0 Å². The van der Waals surface area contributed by atoms with Crippen LogP contribution in [0.2, 0.25) is 0 Å². The summed E-state index contributed by atoms with van der Waals surface area (Å²) >= 11 is 0. The highest BCUT2D eigenvalue weighted by atomic mass is 16.1. The maximum atomic E-state index is 11.8. The van der Waals surface area contributed by atoms with Crippen molar-refractivity contribution in [3.63, 3.8) is 0 Å². The smallest absolute Gasteiger partial charge is 0.251 e. The fourth-order valence-corrected chi connectivity index (χ4v) is 1.39. The maximum absolute atomic E-state index is 11.8. The first-order valence-corrected chi connectivity index (χ1v) is 5.69. The van der Waals surface area contributed by atoms with Gasteiger partial charge in [-0.2, -0.15) is 0 Å². The average Bonchev–Trinajstić information content (AvgIpc) is 2.28. The van der Waals surface area contributed by atoms with Gasteiger partial charge in [0, 0.05) is 24.8 Å². The van der Waals surface area contributed by atoms with Gasteiger partial charge in [0.1, 0.15) is 0 Å².